The molecule has 0 atom stereocenters. The van der Waals surface area contributed by atoms with Gasteiger partial charge in [0.15, 0.2) is 12.4 Å². The van der Waals surface area contributed by atoms with Gasteiger partial charge in [0, 0.05) is 29.9 Å². The number of thiophene rings is 1. The Balaban J connectivity index is 1.47. The number of carbonyl (C=O) groups is 2. The highest BCUT2D eigenvalue weighted by atomic mass is 32.1. The zero-order valence-electron chi connectivity index (χ0n) is 22.4. The molecular formula is C27H22F5N7O3S. The molecule has 0 aliphatic rings. The highest BCUT2D eigenvalue weighted by molar-refractivity contribution is 7.21. The first-order valence-corrected chi connectivity index (χ1v) is 13.4. The topological polar surface area (TPSA) is 130 Å². The standard InChI is InChI=1S/C27H22F5N7O3S/c1-3-38-11-17(13(2)36-38)16-10-19(23(28)29)34-26-20(16)21(22(43-26)24(33)40)35-25(41)18-7-8-39(37-18)12-42-15-6-4-5-14(9-15)27(30,31)32/h4-11,23H,3,12H2,1-2H3,(H2,33,40)(H,35,41). The number of pyridine rings is 1. The van der Waals surface area contributed by atoms with Gasteiger partial charge in [0.05, 0.1) is 16.9 Å². The van der Waals surface area contributed by atoms with E-state index in [1.54, 1.807) is 17.8 Å². The number of amides is 2. The highest BCUT2D eigenvalue weighted by Gasteiger charge is 2.31. The van der Waals surface area contributed by atoms with Crippen LogP contribution in [0, 0.1) is 6.92 Å². The van der Waals surface area contributed by atoms with E-state index in [4.69, 9.17) is 10.5 Å². The summed E-state index contributed by atoms with van der Waals surface area (Å²) in [6.45, 7) is 3.75. The molecule has 1 aromatic carbocycles. The first-order valence-electron chi connectivity index (χ1n) is 12.6. The van der Waals surface area contributed by atoms with Crippen molar-refractivity contribution in [1.29, 1.82) is 0 Å². The summed E-state index contributed by atoms with van der Waals surface area (Å²) in [5.74, 6) is -1.74. The van der Waals surface area contributed by atoms with Crippen LogP contribution < -0.4 is 15.8 Å². The second kappa shape index (κ2) is 11.4. The molecule has 16 heteroatoms. The normalized spacial score (nSPS) is 11.8. The SMILES string of the molecule is CCn1cc(-c2cc(C(F)F)nc3sc(C(N)=O)c(NC(=O)c4ccn(COc5cccc(C(F)(F)F)c5)n4)c23)c(C)n1. The van der Waals surface area contributed by atoms with Gasteiger partial charge >= 0.3 is 6.18 Å². The molecule has 10 nitrogen and oxygen atoms in total. The number of nitrogens with zero attached hydrogens (tertiary/aromatic N) is 5. The predicted molar refractivity (Wildman–Crippen MR) is 147 cm³/mol. The fraction of sp³-hybridized carbons (Fsp3) is 0.222. The summed E-state index contributed by atoms with van der Waals surface area (Å²) < 4.78 is 74.7. The number of aromatic nitrogens is 5. The maximum Gasteiger partial charge on any atom is 0.416 e. The van der Waals surface area contributed by atoms with Crippen LogP contribution in [0.2, 0.25) is 0 Å². The van der Waals surface area contributed by atoms with Crippen molar-refractivity contribution in [2.75, 3.05) is 5.32 Å². The number of fused-ring (bicyclic) bond motifs is 1. The molecule has 0 radical (unpaired) electrons. The van der Waals surface area contributed by atoms with Gasteiger partial charge in [-0.1, -0.05) is 6.07 Å². The number of aryl methyl sites for hydroxylation is 2. The Kier molecular flexibility index (Phi) is 7.88. The van der Waals surface area contributed by atoms with E-state index in [1.807, 2.05) is 6.92 Å². The van der Waals surface area contributed by atoms with E-state index in [0.29, 0.717) is 17.8 Å². The predicted octanol–water partition coefficient (Wildman–Crippen LogP) is 6.03. The average Bonchev–Trinajstić information content (AvgIpc) is 3.68. The van der Waals surface area contributed by atoms with Gasteiger partial charge in [-0.25, -0.2) is 18.4 Å². The maximum atomic E-state index is 13.8. The third kappa shape index (κ3) is 6.04. The van der Waals surface area contributed by atoms with E-state index < -0.39 is 35.7 Å². The quantitative estimate of drug-likeness (QED) is 0.194. The summed E-state index contributed by atoms with van der Waals surface area (Å²) in [4.78, 5) is 29.6. The number of ether oxygens (including phenoxy) is 1. The molecule has 3 N–H and O–H groups in total. The highest BCUT2D eigenvalue weighted by Crippen LogP contribution is 2.43. The number of carbonyl (C=O) groups excluding carboxylic acids is 2. The molecule has 4 heterocycles. The zero-order chi connectivity index (χ0) is 31.1. The lowest BCUT2D eigenvalue weighted by Gasteiger charge is -2.10. The first-order chi connectivity index (χ1) is 20.3. The monoisotopic (exact) mass is 619 g/mol. The van der Waals surface area contributed by atoms with Crippen molar-refractivity contribution in [3.63, 3.8) is 0 Å². The van der Waals surface area contributed by atoms with Crippen molar-refractivity contribution in [3.05, 3.63) is 76.3 Å². The minimum atomic E-state index is -4.54. The molecular weight excluding hydrogens is 597 g/mol. The average molecular weight is 620 g/mol. The molecule has 4 aromatic heterocycles. The Bertz CT molecular complexity index is 1840. The van der Waals surface area contributed by atoms with Crippen LogP contribution in [0.3, 0.4) is 0 Å². The molecule has 0 aliphatic heterocycles. The van der Waals surface area contributed by atoms with E-state index in [0.717, 1.165) is 23.5 Å². The Labute approximate surface area is 243 Å². The molecule has 0 aliphatic carbocycles. The number of benzene rings is 1. The molecule has 224 valence electrons. The number of rotatable bonds is 9. The van der Waals surface area contributed by atoms with E-state index in [2.05, 4.69) is 20.5 Å². The van der Waals surface area contributed by atoms with E-state index >= 15 is 0 Å². The van der Waals surface area contributed by atoms with E-state index in [-0.39, 0.29) is 44.5 Å². The summed E-state index contributed by atoms with van der Waals surface area (Å²) in [6, 6.07) is 6.79. The number of nitrogens with two attached hydrogens (primary N) is 1. The van der Waals surface area contributed by atoms with Crippen LogP contribution in [0.15, 0.2) is 48.8 Å². The summed E-state index contributed by atoms with van der Waals surface area (Å²) >= 11 is 0.755. The maximum absolute atomic E-state index is 13.8. The number of nitrogens with one attached hydrogen (secondary N) is 1. The van der Waals surface area contributed by atoms with E-state index in [1.165, 1.54) is 35.1 Å². The van der Waals surface area contributed by atoms with Crippen LogP contribution in [0.1, 0.15) is 50.5 Å². The van der Waals surface area contributed by atoms with Crippen LogP contribution in [0.4, 0.5) is 27.6 Å². The number of halogens is 5. The Morgan fingerprint density at radius 2 is 1.88 bits per heavy atom. The van der Waals surface area contributed by atoms with Gasteiger partial charge in [0.2, 0.25) is 0 Å². The van der Waals surface area contributed by atoms with Gasteiger partial charge in [-0.3, -0.25) is 14.3 Å². The van der Waals surface area contributed by atoms with Crippen molar-refractivity contribution in [2.24, 2.45) is 5.73 Å². The number of alkyl halides is 5. The second-order valence-corrected chi connectivity index (χ2v) is 10.2. The van der Waals surface area contributed by atoms with Gasteiger partial charge in [-0.15, -0.1) is 11.3 Å². The zero-order valence-corrected chi connectivity index (χ0v) is 23.3. The number of anilines is 1. The molecule has 5 aromatic rings. The Hall–Kier alpha value is -4.86. The van der Waals surface area contributed by atoms with E-state index in [9.17, 15) is 31.5 Å². The van der Waals surface area contributed by atoms with Crippen LogP contribution in [-0.2, 0) is 19.5 Å². The van der Waals surface area contributed by atoms with Crippen molar-refractivity contribution >= 4 is 39.1 Å². The number of primary amides is 1. The third-order valence-corrected chi connectivity index (χ3v) is 7.42. The third-order valence-electron chi connectivity index (χ3n) is 6.33. The molecule has 0 saturated heterocycles. The van der Waals surface area contributed by atoms with Gasteiger partial charge in [-0.05, 0) is 49.7 Å². The Morgan fingerprint density at radius 1 is 1.12 bits per heavy atom. The van der Waals surface area contributed by atoms with Crippen molar-refractivity contribution in [3.8, 4) is 16.9 Å². The molecule has 0 fully saturated rings. The molecule has 2 amide bonds. The van der Waals surface area contributed by atoms with Crippen LogP contribution in [0.5, 0.6) is 5.75 Å². The van der Waals surface area contributed by atoms with Crippen LogP contribution in [-0.4, -0.2) is 36.4 Å². The molecule has 0 bridgehead atoms. The summed E-state index contributed by atoms with van der Waals surface area (Å²) in [7, 11) is 0. The van der Waals surface area contributed by atoms with Crippen molar-refractivity contribution in [2.45, 2.75) is 39.7 Å². The van der Waals surface area contributed by atoms with Crippen molar-refractivity contribution in [1.82, 2.24) is 24.5 Å². The molecule has 0 unspecified atom stereocenters. The lowest BCUT2D eigenvalue weighted by molar-refractivity contribution is -0.137. The minimum Gasteiger partial charge on any atom is -0.471 e. The smallest absolute Gasteiger partial charge is 0.416 e. The van der Waals surface area contributed by atoms with Crippen LogP contribution in [0.25, 0.3) is 21.3 Å². The van der Waals surface area contributed by atoms with Gasteiger partial charge in [0.1, 0.15) is 21.2 Å². The number of hydrogen-bond acceptors (Lipinski definition) is 7. The van der Waals surface area contributed by atoms with Crippen molar-refractivity contribution < 1.29 is 36.3 Å². The summed E-state index contributed by atoms with van der Waals surface area (Å²) in [5.41, 5.74) is 5.32. The fourth-order valence-electron chi connectivity index (χ4n) is 4.31. The molecule has 0 saturated carbocycles. The summed E-state index contributed by atoms with van der Waals surface area (Å²) in [5, 5.41) is 11.3. The largest absolute Gasteiger partial charge is 0.471 e. The summed E-state index contributed by atoms with van der Waals surface area (Å²) in [6.07, 6.45) is -4.42. The first kappa shape index (κ1) is 29.6. The lowest BCUT2D eigenvalue weighted by atomic mass is 10.0. The minimum absolute atomic E-state index is 0.0285. The van der Waals surface area contributed by atoms with Gasteiger partial charge in [-0.2, -0.15) is 23.4 Å². The van der Waals surface area contributed by atoms with Gasteiger partial charge in [0.25, 0.3) is 18.2 Å². The number of hydrogen-bond donors (Lipinski definition) is 2. The fourth-order valence-corrected chi connectivity index (χ4v) is 5.33. The second-order valence-electron chi connectivity index (χ2n) is 9.22. The Morgan fingerprint density at radius 3 is 2.53 bits per heavy atom. The van der Waals surface area contributed by atoms with Crippen LogP contribution >= 0.6 is 11.3 Å². The lowest BCUT2D eigenvalue weighted by Crippen LogP contribution is -2.18. The molecule has 43 heavy (non-hydrogen) atoms. The molecule has 5 rings (SSSR count). The van der Waals surface area contributed by atoms with Gasteiger partial charge < -0.3 is 15.8 Å². The molecule has 0 spiro atoms.